The van der Waals surface area contributed by atoms with Gasteiger partial charge in [-0.15, -0.1) is 0 Å². The molecule has 0 bridgehead atoms. The Hall–Kier alpha value is -2.66. The van der Waals surface area contributed by atoms with Gasteiger partial charge in [0.2, 0.25) is 11.8 Å². The maximum atomic E-state index is 12.8. The molecule has 0 aliphatic carbocycles. The van der Waals surface area contributed by atoms with Crippen molar-refractivity contribution in [2.75, 3.05) is 10.6 Å². The fourth-order valence-corrected chi connectivity index (χ4v) is 2.01. The number of anilines is 2. The van der Waals surface area contributed by atoms with Crippen LogP contribution in [0.3, 0.4) is 0 Å². The number of hydrogen-bond acceptors (Lipinski definition) is 2. The monoisotopic (exact) mass is 332 g/mol. The van der Waals surface area contributed by atoms with Crippen LogP contribution in [0.5, 0.6) is 0 Å². The number of hydrogen-bond donors (Lipinski definition) is 2. The topological polar surface area (TPSA) is 58.2 Å². The average Bonchev–Trinajstić information content (AvgIpc) is 2.49. The molecule has 2 aromatic carbocycles. The Morgan fingerprint density at radius 2 is 1.74 bits per heavy atom. The van der Waals surface area contributed by atoms with E-state index in [1.807, 2.05) is 0 Å². The van der Waals surface area contributed by atoms with Crippen molar-refractivity contribution in [2.45, 2.75) is 6.92 Å². The fourth-order valence-electron chi connectivity index (χ4n) is 1.84. The van der Waals surface area contributed by atoms with Crippen LogP contribution in [0.25, 0.3) is 6.08 Å². The third-order valence-electron chi connectivity index (χ3n) is 2.85. The van der Waals surface area contributed by atoms with Gasteiger partial charge in [-0.3, -0.25) is 9.59 Å². The summed E-state index contributed by atoms with van der Waals surface area (Å²) >= 11 is 5.91. The molecule has 0 aromatic heterocycles. The zero-order valence-corrected chi connectivity index (χ0v) is 13.0. The number of benzene rings is 2. The van der Waals surface area contributed by atoms with Crippen molar-refractivity contribution in [1.82, 2.24) is 0 Å². The van der Waals surface area contributed by atoms with Gasteiger partial charge >= 0.3 is 0 Å². The molecule has 118 valence electrons. The summed E-state index contributed by atoms with van der Waals surface area (Å²) in [5.41, 5.74) is 1.53. The summed E-state index contributed by atoms with van der Waals surface area (Å²) < 4.78 is 12.8. The van der Waals surface area contributed by atoms with E-state index in [1.165, 1.54) is 31.2 Å². The van der Waals surface area contributed by atoms with E-state index in [4.69, 9.17) is 11.6 Å². The van der Waals surface area contributed by atoms with E-state index in [1.54, 1.807) is 30.3 Å². The summed E-state index contributed by atoms with van der Waals surface area (Å²) in [5.74, 6) is -1.00. The van der Waals surface area contributed by atoms with Gasteiger partial charge in [-0.1, -0.05) is 23.7 Å². The Bertz CT molecular complexity index is 758. The lowest BCUT2D eigenvalue weighted by atomic mass is 10.2. The Morgan fingerprint density at radius 3 is 2.39 bits per heavy atom. The van der Waals surface area contributed by atoms with Crippen LogP contribution in [0.4, 0.5) is 15.8 Å². The van der Waals surface area contributed by atoms with Crippen molar-refractivity contribution in [3.05, 3.63) is 64.9 Å². The molecule has 2 amide bonds. The summed E-state index contributed by atoms with van der Waals surface area (Å²) in [6.07, 6.45) is 2.86. The summed E-state index contributed by atoms with van der Waals surface area (Å²) in [5, 5.41) is 5.68. The number of carbonyl (C=O) groups is 2. The van der Waals surface area contributed by atoms with Crippen molar-refractivity contribution >= 4 is 40.9 Å². The zero-order valence-electron chi connectivity index (χ0n) is 12.3. The minimum atomic E-state index is -0.400. The number of carbonyl (C=O) groups excluding carboxylic acids is 2. The molecular formula is C17H14ClFN2O2. The van der Waals surface area contributed by atoms with Crippen LogP contribution in [0.15, 0.2) is 48.5 Å². The van der Waals surface area contributed by atoms with Gasteiger partial charge in [-0.05, 0) is 42.0 Å². The van der Waals surface area contributed by atoms with Crippen LogP contribution in [0.1, 0.15) is 12.5 Å². The van der Waals surface area contributed by atoms with Crippen LogP contribution in [-0.2, 0) is 9.59 Å². The van der Waals surface area contributed by atoms with Crippen molar-refractivity contribution in [3.63, 3.8) is 0 Å². The van der Waals surface area contributed by atoms with E-state index in [9.17, 15) is 14.0 Å². The second-order valence-electron chi connectivity index (χ2n) is 4.75. The van der Waals surface area contributed by atoms with Crippen LogP contribution in [0, 0.1) is 5.82 Å². The molecule has 0 radical (unpaired) electrons. The molecule has 0 aliphatic heterocycles. The molecule has 0 saturated carbocycles. The molecule has 2 N–H and O–H groups in total. The maximum Gasteiger partial charge on any atom is 0.248 e. The van der Waals surface area contributed by atoms with Gasteiger partial charge in [0.25, 0.3) is 0 Å². The van der Waals surface area contributed by atoms with Gasteiger partial charge in [-0.2, -0.15) is 0 Å². The van der Waals surface area contributed by atoms with Gasteiger partial charge in [0.1, 0.15) is 5.82 Å². The summed E-state index contributed by atoms with van der Waals surface area (Å²) in [4.78, 5) is 23.1. The Labute approximate surface area is 138 Å². The average molecular weight is 333 g/mol. The van der Waals surface area contributed by atoms with Crippen LogP contribution >= 0.6 is 11.6 Å². The fraction of sp³-hybridized carbons (Fsp3) is 0.0588. The van der Waals surface area contributed by atoms with Crippen LogP contribution in [-0.4, -0.2) is 11.8 Å². The summed E-state index contributed by atoms with van der Waals surface area (Å²) in [7, 11) is 0. The van der Waals surface area contributed by atoms with Crippen molar-refractivity contribution in [2.24, 2.45) is 0 Å². The second kappa shape index (κ2) is 7.56. The molecule has 2 aromatic rings. The first kappa shape index (κ1) is 16.7. The first-order valence-corrected chi connectivity index (χ1v) is 7.13. The van der Waals surface area contributed by atoms with E-state index < -0.39 is 5.91 Å². The van der Waals surface area contributed by atoms with Crippen LogP contribution in [0.2, 0.25) is 5.02 Å². The predicted molar refractivity (Wildman–Crippen MR) is 89.8 cm³/mol. The highest BCUT2D eigenvalue weighted by atomic mass is 35.5. The lowest BCUT2D eigenvalue weighted by Gasteiger charge is -2.10. The predicted octanol–water partition coefficient (Wildman–Crippen LogP) is 4.09. The molecule has 23 heavy (non-hydrogen) atoms. The number of nitrogens with one attached hydrogen (secondary N) is 2. The molecule has 0 unspecified atom stereocenters. The van der Waals surface area contributed by atoms with Gasteiger partial charge in [-0.25, -0.2) is 4.39 Å². The van der Waals surface area contributed by atoms with Crippen molar-refractivity contribution < 1.29 is 14.0 Å². The Morgan fingerprint density at radius 1 is 1.04 bits per heavy atom. The number of amides is 2. The molecule has 0 fully saturated rings. The molecule has 0 atom stereocenters. The van der Waals surface area contributed by atoms with Gasteiger partial charge in [0.05, 0.1) is 11.4 Å². The Balaban J connectivity index is 2.11. The maximum absolute atomic E-state index is 12.8. The van der Waals surface area contributed by atoms with E-state index in [0.717, 1.165) is 0 Å². The van der Waals surface area contributed by atoms with E-state index in [0.29, 0.717) is 22.0 Å². The lowest BCUT2D eigenvalue weighted by molar-refractivity contribution is -0.114. The number of halogens is 2. The molecule has 0 spiro atoms. The molecule has 4 nitrogen and oxygen atoms in total. The highest BCUT2D eigenvalue weighted by Crippen LogP contribution is 2.25. The molecular weight excluding hydrogens is 319 g/mol. The normalized spacial score (nSPS) is 10.6. The highest BCUT2D eigenvalue weighted by molar-refractivity contribution is 6.31. The molecule has 0 saturated heterocycles. The Kier molecular flexibility index (Phi) is 5.49. The molecule has 6 heteroatoms. The van der Waals surface area contributed by atoms with Gasteiger partial charge < -0.3 is 10.6 Å². The molecule has 0 heterocycles. The van der Waals surface area contributed by atoms with E-state index in [-0.39, 0.29) is 11.7 Å². The van der Waals surface area contributed by atoms with Crippen molar-refractivity contribution in [3.8, 4) is 0 Å². The number of rotatable bonds is 4. The van der Waals surface area contributed by atoms with E-state index >= 15 is 0 Å². The first-order chi connectivity index (χ1) is 10.9. The van der Waals surface area contributed by atoms with Crippen LogP contribution < -0.4 is 10.6 Å². The minimum Gasteiger partial charge on any atom is -0.325 e. The minimum absolute atomic E-state index is 0.260. The molecule has 0 aliphatic rings. The third kappa shape index (κ3) is 5.23. The molecule has 2 rings (SSSR count). The SMILES string of the molecule is CC(=O)Nc1ccc(Cl)cc1NC(=O)C=Cc1ccc(F)cc1. The largest absolute Gasteiger partial charge is 0.325 e. The van der Waals surface area contributed by atoms with Gasteiger partial charge in [0, 0.05) is 18.0 Å². The van der Waals surface area contributed by atoms with Gasteiger partial charge in [0.15, 0.2) is 0 Å². The highest BCUT2D eigenvalue weighted by Gasteiger charge is 2.07. The standard InChI is InChI=1S/C17H14ClFN2O2/c1-11(22)20-15-8-5-13(18)10-16(15)21-17(23)9-4-12-2-6-14(19)7-3-12/h2-10H,1H3,(H,20,22)(H,21,23). The summed E-state index contributed by atoms with van der Waals surface area (Å²) in [6.45, 7) is 1.37. The zero-order chi connectivity index (χ0) is 16.8. The third-order valence-corrected chi connectivity index (χ3v) is 3.08. The van der Waals surface area contributed by atoms with E-state index in [2.05, 4.69) is 10.6 Å². The quantitative estimate of drug-likeness (QED) is 0.828. The summed E-state index contributed by atoms with van der Waals surface area (Å²) in [6, 6.07) is 10.5. The smallest absolute Gasteiger partial charge is 0.248 e. The van der Waals surface area contributed by atoms with Crippen molar-refractivity contribution in [1.29, 1.82) is 0 Å². The first-order valence-electron chi connectivity index (χ1n) is 6.76. The lowest BCUT2D eigenvalue weighted by Crippen LogP contribution is -2.13. The second-order valence-corrected chi connectivity index (χ2v) is 5.18.